The van der Waals surface area contributed by atoms with Gasteiger partial charge in [-0.05, 0) is 79.4 Å². The van der Waals surface area contributed by atoms with Crippen LogP contribution in [0.3, 0.4) is 0 Å². The van der Waals surface area contributed by atoms with Crippen molar-refractivity contribution in [2.75, 3.05) is 14.2 Å². The summed E-state index contributed by atoms with van der Waals surface area (Å²) >= 11 is 0. The third-order valence-corrected chi connectivity index (χ3v) is 3.66. The molecule has 1 N–H and O–H groups in total. The Bertz CT molecular complexity index is 594. The normalized spacial score (nSPS) is 10.7. The summed E-state index contributed by atoms with van der Waals surface area (Å²) in [6.07, 6.45) is 0. The van der Waals surface area contributed by atoms with Crippen LogP contribution in [0.5, 0.6) is 5.75 Å². The van der Waals surface area contributed by atoms with Gasteiger partial charge in [0.15, 0.2) is 0 Å². The van der Waals surface area contributed by atoms with Gasteiger partial charge in [-0.3, -0.25) is 0 Å². The van der Waals surface area contributed by atoms with Crippen molar-refractivity contribution in [1.82, 2.24) is 5.32 Å². The number of nitrogens with one attached hydrogen (secondary N) is 1. The number of ether oxygens (including phenoxy) is 1. The van der Waals surface area contributed by atoms with Crippen molar-refractivity contribution >= 4 is 0 Å². The van der Waals surface area contributed by atoms with Gasteiger partial charge < -0.3 is 10.1 Å². The topological polar surface area (TPSA) is 21.3 Å². The Kier molecular flexibility index (Phi) is 4.46. The van der Waals surface area contributed by atoms with E-state index >= 15 is 0 Å². The van der Waals surface area contributed by atoms with E-state index in [2.05, 4.69) is 56.4 Å². The lowest BCUT2D eigenvalue weighted by molar-refractivity contribution is 0.408. The molecule has 0 aromatic heterocycles. The smallest absolute Gasteiger partial charge is 0.124 e. The van der Waals surface area contributed by atoms with E-state index in [0.29, 0.717) is 0 Å². The standard InChI is InChI=1S/C18H23NO/c1-12-6-7-15(11-19-4)10-17(12)16-8-13(2)18(20-5)14(3)9-16/h6-10,19H,11H2,1-5H3. The summed E-state index contributed by atoms with van der Waals surface area (Å²) in [5, 5.41) is 3.20. The highest BCUT2D eigenvalue weighted by Crippen LogP contribution is 2.32. The van der Waals surface area contributed by atoms with Crippen LogP contribution in [-0.2, 0) is 6.54 Å². The molecule has 0 saturated heterocycles. The first-order valence-corrected chi connectivity index (χ1v) is 6.96. The van der Waals surface area contributed by atoms with Gasteiger partial charge in [0.1, 0.15) is 5.75 Å². The highest BCUT2D eigenvalue weighted by atomic mass is 16.5. The number of rotatable bonds is 4. The first kappa shape index (κ1) is 14.6. The largest absolute Gasteiger partial charge is 0.496 e. The fourth-order valence-electron chi connectivity index (χ4n) is 2.72. The Balaban J connectivity index is 2.53. The summed E-state index contributed by atoms with van der Waals surface area (Å²) in [5.41, 5.74) is 7.53. The molecular weight excluding hydrogens is 246 g/mol. The first-order chi connectivity index (χ1) is 9.56. The molecule has 0 atom stereocenters. The molecule has 0 aliphatic carbocycles. The molecule has 0 amide bonds. The minimum Gasteiger partial charge on any atom is -0.496 e. The summed E-state index contributed by atoms with van der Waals surface area (Å²) < 4.78 is 5.45. The summed E-state index contributed by atoms with van der Waals surface area (Å²) in [7, 11) is 3.70. The molecule has 2 rings (SSSR count). The summed E-state index contributed by atoms with van der Waals surface area (Å²) in [6.45, 7) is 7.25. The van der Waals surface area contributed by atoms with E-state index in [0.717, 1.165) is 12.3 Å². The average molecular weight is 269 g/mol. The van der Waals surface area contributed by atoms with E-state index in [4.69, 9.17) is 4.74 Å². The molecule has 20 heavy (non-hydrogen) atoms. The zero-order chi connectivity index (χ0) is 14.7. The van der Waals surface area contributed by atoms with Crippen LogP contribution in [0.2, 0.25) is 0 Å². The highest BCUT2D eigenvalue weighted by molar-refractivity contribution is 5.71. The molecule has 2 heteroatoms. The molecule has 0 radical (unpaired) electrons. The lowest BCUT2D eigenvalue weighted by atomic mass is 9.95. The number of aryl methyl sites for hydroxylation is 3. The van der Waals surface area contributed by atoms with Gasteiger partial charge in [-0.25, -0.2) is 0 Å². The SMILES string of the molecule is CNCc1ccc(C)c(-c2cc(C)c(OC)c(C)c2)c1. The Morgan fingerprint density at radius 2 is 1.60 bits per heavy atom. The second kappa shape index (κ2) is 6.10. The van der Waals surface area contributed by atoms with Gasteiger partial charge in [0.05, 0.1) is 7.11 Å². The maximum Gasteiger partial charge on any atom is 0.124 e. The van der Waals surface area contributed by atoms with Crippen LogP contribution in [0.15, 0.2) is 30.3 Å². The van der Waals surface area contributed by atoms with Crippen LogP contribution in [0, 0.1) is 20.8 Å². The van der Waals surface area contributed by atoms with E-state index in [1.165, 1.54) is 33.4 Å². The van der Waals surface area contributed by atoms with E-state index < -0.39 is 0 Å². The Morgan fingerprint density at radius 3 is 2.15 bits per heavy atom. The predicted molar refractivity (Wildman–Crippen MR) is 85.4 cm³/mol. The third-order valence-electron chi connectivity index (χ3n) is 3.66. The maximum absolute atomic E-state index is 5.45. The second-order valence-electron chi connectivity index (χ2n) is 5.32. The number of hydrogen-bond donors (Lipinski definition) is 1. The number of benzene rings is 2. The van der Waals surface area contributed by atoms with Crippen LogP contribution < -0.4 is 10.1 Å². The molecule has 0 spiro atoms. The summed E-state index contributed by atoms with van der Waals surface area (Å²) in [6, 6.07) is 11.1. The molecule has 2 nitrogen and oxygen atoms in total. The molecule has 0 aliphatic heterocycles. The van der Waals surface area contributed by atoms with Crippen LogP contribution in [0.4, 0.5) is 0 Å². The van der Waals surface area contributed by atoms with Crippen molar-refractivity contribution in [3.05, 3.63) is 52.6 Å². The minimum atomic E-state index is 0.890. The zero-order valence-corrected chi connectivity index (χ0v) is 13.0. The fourth-order valence-corrected chi connectivity index (χ4v) is 2.72. The van der Waals surface area contributed by atoms with Crippen molar-refractivity contribution in [2.24, 2.45) is 0 Å². The highest BCUT2D eigenvalue weighted by Gasteiger charge is 2.09. The molecule has 0 bridgehead atoms. The van der Waals surface area contributed by atoms with Crippen LogP contribution in [0.1, 0.15) is 22.3 Å². The molecule has 0 aliphatic rings. The van der Waals surface area contributed by atoms with Gasteiger partial charge in [-0.2, -0.15) is 0 Å². The van der Waals surface area contributed by atoms with Gasteiger partial charge in [-0.1, -0.05) is 12.1 Å². The molecule has 106 valence electrons. The quantitative estimate of drug-likeness (QED) is 0.905. The maximum atomic E-state index is 5.45. The Hall–Kier alpha value is -1.80. The number of hydrogen-bond acceptors (Lipinski definition) is 2. The van der Waals surface area contributed by atoms with E-state index in [1.807, 2.05) is 7.05 Å². The summed E-state index contributed by atoms with van der Waals surface area (Å²) in [4.78, 5) is 0. The van der Waals surface area contributed by atoms with Crippen LogP contribution in [-0.4, -0.2) is 14.2 Å². The fraction of sp³-hybridized carbons (Fsp3) is 0.333. The lowest BCUT2D eigenvalue weighted by Gasteiger charge is -2.14. The van der Waals surface area contributed by atoms with Crippen molar-refractivity contribution in [1.29, 1.82) is 0 Å². The van der Waals surface area contributed by atoms with Gasteiger partial charge in [-0.15, -0.1) is 0 Å². The van der Waals surface area contributed by atoms with Crippen LogP contribution >= 0.6 is 0 Å². The molecule has 0 saturated carbocycles. The Labute approximate surface area is 121 Å². The van der Waals surface area contributed by atoms with Crippen molar-refractivity contribution in [3.63, 3.8) is 0 Å². The molecular formula is C18H23NO. The first-order valence-electron chi connectivity index (χ1n) is 6.96. The van der Waals surface area contributed by atoms with Crippen LogP contribution in [0.25, 0.3) is 11.1 Å². The monoisotopic (exact) mass is 269 g/mol. The van der Waals surface area contributed by atoms with E-state index in [9.17, 15) is 0 Å². The molecule has 2 aromatic carbocycles. The van der Waals surface area contributed by atoms with Gasteiger partial charge >= 0.3 is 0 Å². The van der Waals surface area contributed by atoms with Gasteiger partial charge in [0, 0.05) is 6.54 Å². The second-order valence-corrected chi connectivity index (χ2v) is 5.32. The summed E-state index contributed by atoms with van der Waals surface area (Å²) in [5.74, 6) is 0.984. The Morgan fingerprint density at radius 1 is 0.950 bits per heavy atom. The van der Waals surface area contributed by atoms with Gasteiger partial charge in [0.2, 0.25) is 0 Å². The van der Waals surface area contributed by atoms with E-state index in [1.54, 1.807) is 7.11 Å². The third kappa shape index (κ3) is 2.86. The molecule has 0 heterocycles. The van der Waals surface area contributed by atoms with E-state index in [-0.39, 0.29) is 0 Å². The predicted octanol–water partition coefficient (Wildman–Crippen LogP) is 4.01. The zero-order valence-electron chi connectivity index (χ0n) is 13.0. The molecule has 0 unspecified atom stereocenters. The molecule has 2 aromatic rings. The molecule has 0 fully saturated rings. The lowest BCUT2D eigenvalue weighted by Crippen LogP contribution is -2.05. The van der Waals surface area contributed by atoms with Crippen molar-refractivity contribution in [2.45, 2.75) is 27.3 Å². The van der Waals surface area contributed by atoms with Crippen molar-refractivity contribution < 1.29 is 4.74 Å². The van der Waals surface area contributed by atoms with Crippen molar-refractivity contribution in [3.8, 4) is 16.9 Å². The number of methoxy groups -OCH3 is 1. The average Bonchev–Trinajstić information content (AvgIpc) is 2.41. The van der Waals surface area contributed by atoms with Gasteiger partial charge in [0.25, 0.3) is 0 Å². The minimum absolute atomic E-state index is 0.890.